The van der Waals surface area contributed by atoms with Crippen molar-refractivity contribution in [2.75, 3.05) is 0 Å². The minimum Gasteiger partial charge on any atom is -0.266 e. The van der Waals surface area contributed by atoms with Crippen LogP contribution in [0.4, 0.5) is 0 Å². The van der Waals surface area contributed by atoms with Crippen molar-refractivity contribution in [2.45, 2.75) is 13.5 Å². The topological polar surface area (TPSA) is 59.3 Å². The van der Waals surface area contributed by atoms with Gasteiger partial charge >= 0.3 is 0 Å². The fourth-order valence-corrected chi connectivity index (χ4v) is 3.11. The maximum absolute atomic E-state index is 12.3. The fourth-order valence-electron chi connectivity index (χ4n) is 2.35. The molecule has 3 rings (SSSR count). The van der Waals surface area contributed by atoms with Crippen LogP contribution >= 0.6 is 31.9 Å². The number of benzene rings is 2. The number of hydrogen-bond acceptors (Lipinski definition) is 3. The van der Waals surface area contributed by atoms with Gasteiger partial charge in [-0.3, -0.25) is 9.48 Å². The van der Waals surface area contributed by atoms with Crippen molar-refractivity contribution in [3.63, 3.8) is 0 Å². The highest BCUT2D eigenvalue weighted by molar-refractivity contribution is 9.10. The zero-order valence-corrected chi connectivity index (χ0v) is 17.2. The molecule has 0 unspecified atom stereocenters. The number of rotatable bonds is 5. The van der Waals surface area contributed by atoms with E-state index in [0.29, 0.717) is 16.7 Å². The molecule has 26 heavy (non-hydrogen) atoms. The van der Waals surface area contributed by atoms with Crippen LogP contribution in [0.1, 0.15) is 27.2 Å². The molecule has 0 radical (unpaired) electrons. The Kier molecular flexibility index (Phi) is 6.00. The number of nitrogens with one attached hydrogen (secondary N) is 1. The van der Waals surface area contributed by atoms with Crippen LogP contribution in [0.15, 0.2) is 68.8 Å². The number of hydrogen-bond donors (Lipinski definition) is 1. The first-order valence-corrected chi connectivity index (χ1v) is 9.48. The largest absolute Gasteiger partial charge is 0.293 e. The third-order valence-corrected chi connectivity index (χ3v) is 4.86. The van der Waals surface area contributed by atoms with Crippen molar-refractivity contribution in [3.8, 4) is 0 Å². The van der Waals surface area contributed by atoms with E-state index in [0.717, 1.165) is 21.2 Å². The summed E-state index contributed by atoms with van der Waals surface area (Å²) in [5.74, 6) is -0.365. The molecule has 1 aromatic heterocycles. The van der Waals surface area contributed by atoms with E-state index in [2.05, 4.69) is 47.5 Å². The Morgan fingerprint density at radius 3 is 2.65 bits per heavy atom. The molecule has 0 saturated carbocycles. The van der Waals surface area contributed by atoms with E-state index < -0.39 is 0 Å². The van der Waals surface area contributed by atoms with Crippen LogP contribution in [-0.2, 0) is 6.54 Å². The molecule has 2 aromatic carbocycles. The third-order valence-electron chi connectivity index (χ3n) is 3.75. The molecule has 1 N–H and O–H groups in total. The van der Waals surface area contributed by atoms with Gasteiger partial charge in [-0.2, -0.15) is 10.2 Å². The minimum absolute atomic E-state index is 0.295. The van der Waals surface area contributed by atoms with Gasteiger partial charge in [0.15, 0.2) is 5.69 Å². The Balaban J connectivity index is 1.67. The normalized spacial score (nSPS) is 11.0. The molecule has 0 spiro atoms. The van der Waals surface area contributed by atoms with Gasteiger partial charge < -0.3 is 0 Å². The van der Waals surface area contributed by atoms with Crippen molar-refractivity contribution in [1.82, 2.24) is 15.2 Å². The number of carbonyl (C=O) groups excluding carboxylic acids is 1. The summed E-state index contributed by atoms with van der Waals surface area (Å²) >= 11 is 6.80. The Hall–Kier alpha value is -2.25. The SMILES string of the molecule is Cc1ccccc1C=NNC(=O)c1nn(Cc2ccc(Br)cc2)cc1Br. The molecule has 0 fully saturated rings. The van der Waals surface area contributed by atoms with Crippen LogP contribution in [0.25, 0.3) is 0 Å². The summed E-state index contributed by atoms with van der Waals surface area (Å²) in [7, 11) is 0. The molecule has 132 valence electrons. The predicted octanol–water partition coefficient (Wildman–Crippen LogP) is 4.53. The monoisotopic (exact) mass is 474 g/mol. The van der Waals surface area contributed by atoms with Gasteiger partial charge in [-0.1, -0.05) is 52.3 Å². The molecule has 7 heteroatoms. The van der Waals surface area contributed by atoms with E-state index in [9.17, 15) is 4.79 Å². The number of aryl methyl sites for hydroxylation is 1. The standard InChI is InChI=1S/C19H16Br2N4O/c1-13-4-2-3-5-15(13)10-22-23-19(26)18-17(21)12-25(24-18)11-14-6-8-16(20)9-7-14/h2-10,12H,11H2,1H3,(H,23,26). The average Bonchev–Trinajstić information content (AvgIpc) is 2.99. The first kappa shape index (κ1) is 18.5. The molecule has 3 aromatic rings. The summed E-state index contributed by atoms with van der Waals surface area (Å²) in [6.07, 6.45) is 3.40. The van der Waals surface area contributed by atoms with Crippen LogP contribution in [0.5, 0.6) is 0 Å². The maximum atomic E-state index is 12.3. The number of carbonyl (C=O) groups is 1. The van der Waals surface area contributed by atoms with E-state index in [4.69, 9.17) is 0 Å². The molecular formula is C19H16Br2N4O. The molecule has 0 bridgehead atoms. The number of amides is 1. The van der Waals surface area contributed by atoms with Crippen molar-refractivity contribution in [3.05, 3.63) is 86.1 Å². The van der Waals surface area contributed by atoms with Crippen molar-refractivity contribution >= 4 is 44.0 Å². The maximum Gasteiger partial charge on any atom is 0.293 e. The quantitative estimate of drug-likeness (QED) is 0.435. The van der Waals surface area contributed by atoms with Gasteiger partial charge in [0.2, 0.25) is 0 Å². The van der Waals surface area contributed by atoms with Crippen molar-refractivity contribution in [2.24, 2.45) is 5.10 Å². The molecule has 0 aliphatic rings. The van der Waals surface area contributed by atoms with Gasteiger partial charge in [0.25, 0.3) is 5.91 Å². The Morgan fingerprint density at radius 1 is 1.19 bits per heavy atom. The summed E-state index contributed by atoms with van der Waals surface area (Å²) in [4.78, 5) is 12.3. The lowest BCUT2D eigenvalue weighted by atomic mass is 10.1. The number of hydrazone groups is 1. The first-order chi connectivity index (χ1) is 12.5. The van der Waals surface area contributed by atoms with Crippen LogP contribution < -0.4 is 5.43 Å². The fraction of sp³-hybridized carbons (Fsp3) is 0.105. The lowest BCUT2D eigenvalue weighted by molar-refractivity contribution is 0.0948. The number of aromatic nitrogens is 2. The second-order valence-electron chi connectivity index (χ2n) is 5.71. The smallest absolute Gasteiger partial charge is 0.266 e. The van der Waals surface area contributed by atoms with E-state index in [-0.39, 0.29) is 5.91 Å². The van der Waals surface area contributed by atoms with Crippen LogP contribution in [-0.4, -0.2) is 21.9 Å². The van der Waals surface area contributed by atoms with Gasteiger partial charge in [0, 0.05) is 10.7 Å². The Bertz CT molecular complexity index is 948. The average molecular weight is 476 g/mol. The van der Waals surface area contributed by atoms with E-state index in [1.54, 1.807) is 17.1 Å². The van der Waals surface area contributed by atoms with Crippen LogP contribution in [0.3, 0.4) is 0 Å². The van der Waals surface area contributed by atoms with Crippen molar-refractivity contribution in [1.29, 1.82) is 0 Å². The number of halogens is 2. The first-order valence-electron chi connectivity index (χ1n) is 7.89. The van der Waals surface area contributed by atoms with Gasteiger partial charge in [0.1, 0.15) is 0 Å². The summed E-state index contributed by atoms with van der Waals surface area (Å²) in [6.45, 7) is 2.56. The van der Waals surface area contributed by atoms with Crippen LogP contribution in [0.2, 0.25) is 0 Å². The second kappa shape index (κ2) is 8.42. The molecule has 0 saturated heterocycles. The highest BCUT2D eigenvalue weighted by Crippen LogP contribution is 2.17. The highest BCUT2D eigenvalue weighted by atomic mass is 79.9. The van der Waals surface area contributed by atoms with Crippen LogP contribution in [0, 0.1) is 6.92 Å². The zero-order chi connectivity index (χ0) is 18.5. The van der Waals surface area contributed by atoms with E-state index in [1.807, 2.05) is 55.5 Å². The molecule has 0 aliphatic heterocycles. The Labute approximate surface area is 168 Å². The Morgan fingerprint density at radius 2 is 1.92 bits per heavy atom. The van der Waals surface area contributed by atoms with Gasteiger partial charge in [-0.25, -0.2) is 5.43 Å². The van der Waals surface area contributed by atoms with Gasteiger partial charge in [-0.05, 0) is 51.7 Å². The second-order valence-corrected chi connectivity index (χ2v) is 7.48. The molecule has 1 heterocycles. The van der Waals surface area contributed by atoms with Gasteiger partial charge in [0.05, 0.1) is 17.2 Å². The molecule has 1 amide bonds. The highest BCUT2D eigenvalue weighted by Gasteiger charge is 2.14. The predicted molar refractivity (Wildman–Crippen MR) is 109 cm³/mol. The summed E-state index contributed by atoms with van der Waals surface area (Å²) < 4.78 is 3.36. The van der Waals surface area contributed by atoms with Crippen molar-refractivity contribution < 1.29 is 4.79 Å². The lowest BCUT2D eigenvalue weighted by Crippen LogP contribution is -2.19. The molecule has 0 aliphatic carbocycles. The third kappa shape index (κ3) is 4.68. The summed E-state index contributed by atoms with van der Waals surface area (Å²) in [6, 6.07) is 15.8. The summed E-state index contributed by atoms with van der Waals surface area (Å²) in [5, 5.41) is 8.37. The summed E-state index contributed by atoms with van der Waals surface area (Å²) in [5.41, 5.74) is 5.94. The minimum atomic E-state index is -0.365. The number of nitrogens with zero attached hydrogens (tertiary/aromatic N) is 3. The van der Waals surface area contributed by atoms with E-state index >= 15 is 0 Å². The van der Waals surface area contributed by atoms with Gasteiger partial charge in [-0.15, -0.1) is 0 Å². The molecule has 5 nitrogen and oxygen atoms in total. The zero-order valence-electron chi connectivity index (χ0n) is 14.0. The molecular weight excluding hydrogens is 460 g/mol. The lowest BCUT2D eigenvalue weighted by Gasteiger charge is -2.02. The molecule has 0 atom stereocenters. The van der Waals surface area contributed by atoms with E-state index in [1.165, 1.54) is 0 Å².